The van der Waals surface area contributed by atoms with E-state index >= 15 is 0 Å². The summed E-state index contributed by atoms with van der Waals surface area (Å²) in [5, 5.41) is 4.64. The van der Waals surface area contributed by atoms with E-state index in [1.807, 2.05) is 77.4 Å². The van der Waals surface area contributed by atoms with E-state index in [1.165, 1.54) is 0 Å². The van der Waals surface area contributed by atoms with Gasteiger partial charge in [0.15, 0.2) is 0 Å². The topological polar surface area (TPSA) is 58.4 Å². The highest BCUT2D eigenvalue weighted by Crippen LogP contribution is 2.39. The highest BCUT2D eigenvalue weighted by molar-refractivity contribution is 5.99. The predicted molar refractivity (Wildman–Crippen MR) is 113 cm³/mol. The Kier molecular flexibility index (Phi) is 4.42. The van der Waals surface area contributed by atoms with Gasteiger partial charge in [0.2, 0.25) is 5.91 Å². The monoisotopic (exact) mass is 400 g/mol. The number of para-hydroxylation sites is 1. The molecule has 2 aromatic carbocycles. The Bertz CT molecular complexity index is 1100. The molecule has 0 saturated carbocycles. The quantitative estimate of drug-likeness (QED) is 0.676. The number of likely N-dealkylation sites (tertiary alicyclic amines) is 1. The van der Waals surface area contributed by atoms with Crippen LogP contribution >= 0.6 is 0 Å². The molecule has 2 aliphatic heterocycles. The summed E-state index contributed by atoms with van der Waals surface area (Å²) in [6.07, 6.45) is 0.402. The first-order valence-corrected chi connectivity index (χ1v) is 10.3. The van der Waals surface area contributed by atoms with Crippen LogP contribution in [-0.4, -0.2) is 50.5 Å². The summed E-state index contributed by atoms with van der Waals surface area (Å²) in [4.78, 5) is 29.7. The molecule has 0 radical (unpaired) electrons. The zero-order valence-corrected chi connectivity index (χ0v) is 17.2. The van der Waals surface area contributed by atoms with E-state index in [2.05, 4.69) is 12.0 Å². The maximum absolute atomic E-state index is 13.4. The maximum Gasteiger partial charge on any atom is 0.273 e. The lowest BCUT2D eigenvalue weighted by atomic mass is 10.0. The van der Waals surface area contributed by atoms with E-state index in [0.717, 1.165) is 22.5 Å². The number of fused-ring (bicyclic) bond motifs is 1. The second-order valence-electron chi connectivity index (χ2n) is 8.10. The first-order chi connectivity index (χ1) is 14.5. The van der Waals surface area contributed by atoms with Gasteiger partial charge < -0.3 is 9.80 Å². The van der Waals surface area contributed by atoms with Crippen LogP contribution in [0.4, 0.5) is 0 Å². The van der Waals surface area contributed by atoms with E-state index in [-0.39, 0.29) is 23.9 Å². The van der Waals surface area contributed by atoms with E-state index in [9.17, 15) is 9.59 Å². The molecule has 0 N–H and O–H groups in total. The van der Waals surface area contributed by atoms with Crippen LogP contribution < -0.4 is 0 Å². The van der Waals surface area contributed by atoms with Crippen LogP contribution in [0.2, 0.25) is 0 Å². The minimum atomic E-state index is -0.0404. The lowest BCUT2D eigenvalue weighted by molar-refractivity contribution is -0.137. The molecular formula is C24H24N4O2. The third-order valence-electron chi connectivity index (χ3n) is 6.19. The molecule has 0 spiro atoms. The van der Waals surface area contributed by atoms with Crippen molar-refractivity contribution in [1.82, 2.24) is 19.6 Å². The normalized spacial score (nSPS) is 18.5. The average molecular weight is 400 g/mol. The maximum atomic E-state index is 13.4. The minimum absolute atomic E-state index is 0.00196. The second-order valence-corrected chi connectivity index (χ2v) is 8.10. The van der Waals surface area contributed by atoms with Gasteiger partial charge in [-0.05, 0) is 31.5 Å². The van der Waals surface area contributed by atoms with Crippen molar-refractivity contribution in [3.8, 4) is 5.69 Å². The molecule has 0 bridgehead atoms. The number of aryl methyl sites for hydroxylation is 1. The van der Waals surface area contributed by atoms with E-state index in [0.29, 0.717) is 25.2 Å². The zero-order valence-electron chi connectivity index (χ0n) is 17.2. The van der Waals surface area contributed by atoms with Gasteiger partial charge in [-0.2, -0.15) is 5.10 Å². The number of hydrogen-bond acceptors (Lipinski definition) is 3. The van der Waals surface area contributed by atoms with Crippen LogP contribution in [0.25, 0.3) is 5.69 Å². The SMILES string of the molecule is Cc1nn(-c2ccccc2)c2c1C(C)N(C1CN(C(=O)Cc3ccccc3)C1)C2=O. The number of rotatable bonds is 4. The second kappa shape index (κ2) is 7.13. The lowest BCUT2D eigenvalue weighted by Gasteiger charge is -2.45. The summed E-state index contributed by atoms with van der Waals surface area (Å²) in [6, 6.07) is 19.5. The smallest absolute Gasteiger partial charge is 0.273 e. The lowest BCUT2D eigenvalue weighted by Crippen LogP contribution is -2.62. The molecular weight excluding hydrogens is 376 g/mol. The van der Waals surface area contributed by atoms with Crippen LogP contribution in [0.5, 0.6) is 0 Å². The average Bonchev–Trinajstić information content (AvgIpc) is 3.19. The predicted octanol–water partition coefficient (Wildman–Crippen LogP) is 3.15. The summed E-state index contributed by atoms with van der Waals surface area (Å²) < 4.78 is 1.76. The molecule has 0 aliphatic carbocycles. The van der Waals surface area contributed by atoms with Crippen LogP contribution in [0.1, 0.15) is 40.3 Å². The number of hydrogen-bond donors (Lipinski definition) is 0. The van der Waals surface area contributed by atoms with Crippen LogP contribution in [0.15, 0.2) is 60.7 Å². The van der Waals surface area contributed by atoms with Crippen molar-refractivity contribution in [2.45, 2.75) is 32.4 Å². The van der Waals surface area contributed by atoms with Gasteiger partial charge >= 0.3 is 0 Å². The Balaban J connectivity index is 1.32. The Morgan fingerprint density at radius 1 is 1.03 bits per heavy atom. The molecule has 1 fully saturated rings. The molecule has 1 unspecified atom stereocenters. The van der Waals surface area contributed by atoms with Gasteiger partial charge in [0, 0.05) is 18.7 Å². The number of amides is 2. The Hall–Kier alpha value is -3.41. The standard InChI is InChI=1S/C24H24N4O2/c1-16-22-17(2)27(24(30)23(22)28(25-16)19-11-7-4-8-12-19)20-14-26(15-20)21(29)13-18-9-5-3-6-10-18/h3-12,17,20H,13-15H2,1-2H3. The highest BCUT2D eigenvalue weighted by atomic mass is 16.2. The van der Waals surface area contributed by atoms with Crippen molar-refractivity contribution in [1.29, 1.82) is 0 Å². The summed E-state index contributed by atoms with van der Waals surface area (Å²) >= 11 is 0. The number of aromatic nitrogens is 2. The summed E-state index contributed by atoms with van der Waals surface area (Å²) in [6.45, 7) is 5.19. The molecule has 1 saturated heterocycles. The van der Waals surface area contributed by atoms with Crippen LogP contribution in [-0.2, 0) is 11.2 Å². The van der Waals surface area contributed by atoms with E-state index in [1.54, 1.807) is 4.68 Å². The van der Waals surface area contributed by atoms with Gasteiger partial charge in [-0.25, -0.2) is 4.68 Å². The van der Waals surface area contributed by atoms with E-state index < -0.39 is 0 Å². The molecule has 6 heteroatoms. The van der Waals surface area contributed by atoms with Crippen LogP contribution in [0.3, 0.4) is 0 Å². The fourth-order valence-corrected chi connectivity index (χ4v) is 4.64. The number of nitrogens with zero attached hydrogens (tertiary/aromatic N) is 4. The molecule has 2 aliphatic rings. The van der Waals surface area contributed by atoms with Gasteiger partial charge in [-0.3, -0.25) is 9.59 Å². The number of benzene rings is 2. The van der Waals surface area contributed by atoms with Gasteiger partial charge in [0.1, 0.15) is 5.69 Å². The van der Waals surface area contributed by atoms with Gasteiger partial charge in [0.25, 0.3) is 5.91 Å². The van der Waals surface area contributed by atoms with Gasteiger partial charge in [-0.15, -0.1) is 0 Å². The fraction of sp³-hybridized carbons (Fsp3) is 0.292. The van der Waals surface area contributed by atoms with Gasteiger partial charge in [0.05, 0.1) is 29.9 Å². The minimum Gasteiger partial charge on any atom is -0.338 e. The molecule has 3 aromatic rings. The van der Waals surface area contributed by atoms with Crippen molar-refractivity contribution in [2.75, 3.05) is 13.1 Å². The van der Waals surface area contributed by atoms with Crippen LogP contribution in [0, 0.1) is 6.92 Å². The third-order valence-corrected chi connectivity index (χ3v) is 6.19. The van der Waals surface area contributed by atoms with E-state index in [4.69, 9.17) is 0 Å². The van der Waals surface area contributed by atoms with Crippen molar-refractivity contribution in [2.24, 2.45) is 0 Å². The number of carbonyl (C=O) groups is 2. The molecule has 6 nitrogen and oxygen atoms in total. The first-order valence-electron chi connectivity index (χ1n) is 10.3. The Labute approximate surface area is 175 Å². The molecule has 30 heavy (non-hydrogen) atoms. The Morgan fingerprint density at radius 2 is 1.67 bits per heavy atom. The van der Waals surface area contributed by atoms with Crippen molar-refractivity contribution in [3.05, 3.63) is 83.2 Å². The molecule has 2 amide bonds. The summed E-state index contributed by atoms with van der Waals surface area (Å²) in [5.41, 5.74) is 4.44. The Morgan fingerprint density at radius 3 is 2.33 bits per heavy atom. The number of carbonyl (C=O) groups excluding carboxylic acids is 2. The molecule has 1 aromatic heterocycles. The summed E-state index contributed by atoms with van der Waals surface area (Å²) in [5.74, 6) is 0.114. The van der Waals surface area contributed by atoms with Crippen molar-refractivity contribution < 1.29 is 9.59 Å². The molecule has 5 rings (SSSR count). The molecule has 1 atom stereocenters. The van der Waals surface area contributed by atoms with Crippen molar-refractivity contribution in [3.63, 3.8) is 0 Å². The third kappa shape index (κ3) is 2.91. The molecule has 152 valence electrons. The van der Waals surface area contributed by atoms with Crippen molar-refractivity contribution >= 4 is 11.8 Å². The first kappa shape index (κ1) is 18.6. The molecule has 3 heterocycles. The van der Waals surface area contributed by atoms with Gasteiger partial charge in [-0.1, -0.05) is 48.5 Å². The summed E-state index contributed by atoms with van der Waals surface area (Å²) in [7, 11) is 0. The zero-order chi connectivity index (χ0) is 20.8. The largest absolute Gasteiger partial charge is 0.338 e. The highest BCUT2D eigenvalue weighted by Gasteiger charge is 2.47. The fourth-order valence-electron chi connectivity index (χ4n) is 4.64.